The summed E-state index contributed by atoms with van der Waals surface area (Å²) in [7, 11) is 0. The van der Waals surface area contributed by atoms with Gasteiger partial charge < -0.3 is 14.2 Å². The van der Waals surface area contributed by atoms with Gasteiger partial charge in [-0.15, -0.1) is 0 Å². The Labute approximate surface area is 181 Å². The Hall–Kier alpha value is -2.21. The third kappa shape index (κ3) is 4.54. The number of rotatable bonds is 7. The molecule has 168 valence electrons. The molecule has 2 aliphatic rings. The number of hydrogen-bond donors (Lipinski definition) is 0. The Morgan fingerprint density at radius 3 is 2.48 bits per heavy atom. The zero-order valence-corrected chi connectivity index (χ0v) is 18.1. The second kappa shape index (κ2) is 9.51. The maximum Gasteiger partial charge on any atom is 0.207 e. The Morgan fingerprint density at radius 2 is 1.77 bits per heavy atom. The van der Waals surface area contributed by atoms with Gasteiger partial charge in [0, 0.05) is 23.5 Å². The third-order valence-corrected chi connectivity index (χ3v) is 6.11. The van der Waals surface area contributed by atoms with Gasteiger partial charge in [0.2, 0.25) is 11.6 Å². The van der Waals surface area contributed by atoms with Gasteiger partial charge in [0.05, 0.1) is 19.3 Å². The SMILES string of the molecule is CCCc1cc2c(c(F)c1F)Oc1c(ccc(OCC3CCC(CCC)OC3)c1F)C2. The van der Waals surface area contributed by atoms with E-state index in [4.69, 9.17) is 14.2 Å². The molecule has 2 aliphatic heterocycles. The van der Waals surface area contributed by atoms with E-state index in [1.807, 2.05) is 6.92 Å². The molecule has 2 aromatic rings. The summed E-state index contributed by atoms with van der Waals surface area (Å²) in [5.41, 5.74) is 1.44. The van der Waals surface area contributed by atoms with Crippen molar-refractivity contribution in [3.63, 3.8) is 0 Å². The number of hydrogen-bond acceptors (Lipinski definition) is 3. The zero-order valence-electron chi connectivity index (χ0n) is 18.1. The van der Waals surface area contributed by atoms with Crippen LogP contribution in [-0.4, -0.2) is 19.3 Å². The lowest BCUT2D eigenvalue weighted by Gasteiger charge is -2.29. The van der Waals surface area contributed by atoms with E-state index in [1.54, 1.807) is 18.2 Å². The summed E-state index contributed by atoms with van der Waals surface area (Å²) in [5, 5.41) is 0. The van der Waals surface area contributed by atoms with Crippen LogP contribution in [0.2, 0.25) is 0 Å². The van der Waals surface area contributed by atoms with Crippen molar-refractivity contribution in [1.82, 2.24) is 0 Å². The van der Waals surface area contributed by atoms with E-state index in [-0.39, 0.29) is 29.6 Å². The smallest absolute Gasteiger partial charge is 0.207 e. The Morgan fingerprint density at radius 1 is 0.968 bits per heavy atom. The van der Waals surface area contributed by atoms with E-state index >= 15 is 4.39 Å². The van der Waals surface area contributed by atoms with Crippen LogP contribution in [0.5, 0.6) is 17.2 Å². The van der Waals surface area contributed by atoms with Gasteiger partial charge in [-0.1, -0.05) is 32.8 Å². The Balaban J connectivity index is 1.47. The Kier molecular flexibility index (Phi) is 6.75. The molecule has 1 saturated heterocycles. The summed E-state index contributed by atoms with van der Waals surface area (Å²) in [6, 6.07) is 4.93. The van der Waals surface area contributed by atoms with E-state index in [9.17, 15) is 8.78 Å². The highest BCUT2D eigenvalue weighted by molar-refractivity contribution is 5.54. The van der Waals surface area contributed by atoms with Crippen molar-refractivity contribution in [3.05, 3.63) is 52.3 Å². The molecule has 2 aromatic carbocycles. The molecule has 0 saturated carbocycles. The molecule has 0 N–H and O–H groups in total. The third-order valence-electron chi connectivity index (χ3n) is 6.11. The second-order valence-corrected chi connectivity index (χ2v) is 8.55. The van der Waals surface area contributed by atoms with Crippen LogP contribution in [0.1, 0.15) is 62.6 Å². The van der Waals surface area contributed by atoms with E-state index in [0.29, 0.717) is 48.8 Å². The average Bonchev–Trinajstić information content (AvgIpc) is 2.77. The lowest BCUT2D eigenvalue weighted by molar-refractivity contribution is -0.0310. The molecular formula is C25H29F3O3. The summed E-state index contributed by atoms with van der Waals surface area (Å²) < 4.78 is 61.2. The molecular weight excluding hydrogens is 405 g/mol. The zero-order chi connectivity index (χ0) is 22.0. The molecule has 1 fully saturated rings. The fourth-order valence-electron chi connectivity index (χ4n) is 4.41. The van der Waals surface area contributed by atoms with Crippen LogP contribution in [0.3, 0.4) is 0 Å². The summed E-state index contributed by atoms with van der Waals surface area (Å²) in [6.07, 6.45) is 5.85. The molecule has 6 heteroatoms. The molecule has 0 spiro atoms. The van der Waals surface area contributed by atoms with Gasteiger partial charge in [0.15, 0.2) is 23.1 Å². The molecule has 0 radical (unpaired) electrons. The quantitative estimate of drug-likeness (QED) is 0.413. The predicted molar refractivity (Wildman–Crippen MR) is 113 cm³/mol. The highest BCUT2D eigenvalue weighted by atomic mass is 19.2. The van der Waals surface area contributed by atoms with E-state index in [0.717, 1.165) is 25.7 Å². The van der Waals surface area contributed by atoms with E-state index in [1.165, 1.54) is 0 Å². The normalized spacial score (nSPS) is 20.0. The molecule has 4 rings (SSSR count). The number of halogens is 3. The van der Waals surface area contributed by atoms with Crippen molar-refractivity contribution >= 4 is 0 Å². The fraction of sp³-hybridized carbons (Fsp3) is 0.520. The first kappa shape index (κ1) is 22.0. The molecule has 0 aromatic heterocycles. The van der Waals surface area contributed by atoms with Crippen molar-refractivity contribution in [3.8, 4) is 17.2 Å². The van der Waals surface area contributed by atoms with Crippen LogP contribution in [0, 0.1) is 23.4 Å². The number of ether oxygens (including phenoxy) is 3. The van der Waals surface area contributed by atoms with Gasteiger partial charge >= 0.3 is 0 Å². The van der Waals surface area contributed by atoms with Gasteiger partial charge in [-0.05, 0) is 43.4 Å². The van der Waals surface area contributed by atoms with Gasteiger partial charge in [-0.25, -0.2) is 4.39 Å². The van der Waals surface area contributed by atoms with Gasteiger partial charge in [0.25, 0.3) is 0 Å². The molecule has 2 unspecified atom stereocenters. The molecule has 0 bridgehead atoms. The fourth-order valence-corrected chi connectivity index (χ4v) is 4.41. The second-order valence-electron chi connectivity index (χ2n) is 8.55. The van der Waals surface area contributed by atoms with E-state index in [2.05, 4.69) is 6.92 Å². The molecule has 31 heavy (non-hydrogen) atoms. The van der Waals surface area contributed by atoms with Crippen molar-refractivity contribution in [2.24, 2.45) is 5.92 Å². The highest BCUT2D eigenvalue weighted by Gasteiger charge is 2.29. The van der Waals surface area contributed by atoms with Crippen LogP contribution >= 0.6 is 0 Å². The van der Waals surface area contributed by atoms with Crippen LogP contribution in [0.4, 0.5) is 13.2 Å². The molecule has 2 atom stereocenters. The molecule has 0 amide bonds. The van der Waals surface area contributed by atoms with Crippen LogP contribution in [0.25, 0.3) is 0 Å². The molecule has 2 heterocycles. The Bertz CT molecular complexity index is 936. The minimum absolute atomic E-state index is 0.0568. The maximum absolute atomic E-state index is 15.1. The van der Waals surface area contributed by atoms with Gasteiger partial charge in [-0.3, -0.25) is 0 Å². The van der Waals surface area contributed by atoms with Crippen molar-refractivity contribution < 1.29 is 27.4 Å². The lowest BCUT2D eigenvalue weighted by atomic mass is 9.96. The summed E-state index contributed by atoms with van der Waals surface area (Å²) in [5.74, 6) is -2.72. The first-order valence-corrected chi connectivity index (χ1v) is 11.2. The van der Waals surface area contributed by atoms with Crippen molar-refractivity contribution in [1.29, 1.82) is 0 Å². The monoisotopic (exact) mass is 434 g/mol. The highest BCUT2D eigenvalue weighted by Crippen LogP contribution is 2.43. The summed E-state index contributed by atoms with van der Waals surface area (Å²) in [6.45, 7) is 4.99. The van der Waals surface area contributed by atoms with Crippen LogP contribution in [-0.2, 0) is 17.6 Å². The minimum Gasteiger partial charge on any atom is -0.490 e. The van der Waals surface area contributed by atoms with Crippen molar-refractivity contribution in [2.45, 2.75) is 64.9 Å². The number of benzene rings is 2. The van der Waals surface area contributed by atoms with Crippen LogP contribution in [0.15, 0.2) is 18.2 Å². The average molecular weight is 434 g/mol. The topological polar surface area (TPSA) is 27.7 Å². The lowest BCUT2D eigenvalue weighted by Crippen LogP contribution is -2.29. The summed E-state index contributed by atoms with van der Waals surface area (Å²) in [4.78, 5) is 0. The molecule has 3 nitrogen and oxygen atoms in total. The predicted octanol–water partition coefficient (Wildman–Crippen LogP) is 6.73. The van der Waals surface area contributed by atoms with Crippen molar-refractivity contribution in [2.75, 3.05) is 13.2 Å². The number of aryl methyl sites for hydroxylation is 1. The van der Waals surface area contributed by atoms with Crippen LogP contribution < -0.4 is 9.47 Å². The number of fused-ring (bicyclic) bond motifs is 2. The molecule has 0 aliphatic carbocycles. The first-order valence-electron chi connectivity index (χ1n) is 11.2. The maximum atomic E-state index is 15.1. The van der Waals surface area contributed by atoms with Gasteiger partial charge in [-0.2, -0.15) is 8.78 Å². The largest absolute Gasteiger partial charge is 0.490 e. The van der Waals surface area contributed by atoms with Gasteiger partial charge in [0.1, 0.15) is 0 Å². The first-order chi connectivity index (χ1) is 15.0. The van der Waals surface area contributed by atoms with E-state index < -0.39 is 17.5 Å². The minimum atomic E-state index is -1.06. The summed E-state index contributed by atoms with van der Waals surface area (Å²) >= 11 is 0. The standard InChI is InChI=1S/C25H29F3O3/c1-3-5-16-11-18-12-17-8-10-20(22(27)24(17)31-25(18)23(28)21(16)26)30-14-15-7-9-19(6-4-2)29-13-15/h8,10-11,15,19H,3-7,9,12-14H2,1-2H3.